The van der Waals surface area contributed by atoms with Crippen molar-refractivity contribution in [3.63, 3.8) is 0 Å². The molecule has 0 saturated carbocycles. The van der Waals surface area contributed by atoms with Gasteiger partial charge in [-0.1, -0.05) is 35.3 Å². The van der Waals surface area contributed by atoms with Crippen molar-refractivity contribution in [3.05, 3.63) is 58.1 Å². The molecule has 24 heavy (non-hydrogen) atoms. The number of hydrogen-bond donors (Lipinski definition) is 2. The van der Waals surface area contributed by atoms with Crippen LogP contribution >= 0.6 is 23.2 Å². The van der Waals surface area contributed by atoms with Crippen LogP contribution in [-0.4, -0.2) is 23.4 Å². The Bertz CT molecular complexity index is 923. The average Bonchev–Trinajstić information content (AvgIpc) is 2.45. The van der Waals surface area contributed by atoms with Crippen LogP contribution in [0.2, 0.25) is 10.0 Å². The molecule has 0 aliphatic heterocycles. The zero-order valence-electron chi connectivity index (χ0n) is 12.2. The van der Waals surface area contributed by atoms with Crippen LogP contribution in [0.1, 0.15) is 5.56 Å². The van der Waals surface area contributed by atoms with Crippen molar-refractivity contribution in [2.24, 2.45) is 5.14 Å². The van der Waals surface area contributed by atoms with Gasteiger partial charge in [-0.25, -0.2) is 26.7 Å². The topological polar surface area (TPSA) is 106 Å². The molecule has 130 valence electrons. The van der Waals surface area contributed by atoms with E-state index in [1.165, 1.54) is 30.3 Å². The summed E-state index contributed by atoms with van der Waals surface area (Å²) < 4.78 is 49.1. The maximum absolute atomic E-state index is 12.2. The molecule has 3 N–H and O–H groups in total. The summed E-state index contributed by atoms with van der Waals surface area (Å²) in [6.07, 6.45) is 0.373. The van der Waals surface area contributed by atoms with E-state index in [0.717, 1.165) is 5.56 Å². The van der Waals surface area contributed by atoms with Gasteiger partial charge in [0.2, 0.25) is 20.0 Å². The lowest BCUT2D eigenvalue weighted by molar-refractivity contribution is 0.581. The van der Waals surface area contributed by atoms with E-state index in [-0.39, 0.29) is 26.4 Å². The smallest absolute Gasteiger partial charge is 0.225 e. The molecule has 0 aliphatic carbocycles. The first-order chi connectivity index (χ1) is 11.1. The van der Waals surface area contributed by atoms with Gasteiger partial charge in [0.15, 0.2) is 0 Å². The zero-order chi connectivity index (χ0) is 18.0. The molecular weight excluding hydrogens is 395 g/mol. The molecule has 2 rings (SSSR count). The van der Waals surface area contributed by atoms with E-state index < -0.39 is 20.0 Å². The number of rotatable bonds is 6. The number of primary sulfonamides is 1. The molecule has 0 saturated heterocycles. The van der Waals surface area contributed by atoms with Crippen LogP contribution in [0.25, 0.3) is 0 Å². The zero-order valence-corrected chi connectivity index (χ0v) is 15.4. The van der Waals surface area contributed by atoms with Crippen LogP contribution in [-0.2, 0) is 26.5 Å². The molecule has 0 amide bonds. The third kappa shape index (κ3) is 5.17. The largest absolute Gasteiger partial charge is 0.240 e. The standard InChI is InChI=1S/C14H14Cl2N2O4S2/c15-11-7-12(16)9-14(8-11)24(21,22)18-6-5-10-1-3-13(4-2-10)23(17,19)20/h1-4,7-9,18H,5-6H2,(H2,17,19,20). The van der Waals surface area contributed by atoms with E-state index in [1.54, 1.807) is 12.1 Å². The molecular formula is C14H14Cl2N2O4S2. The van der Waals surface area contributed by atoms with Gasteiger partial charge in [-0.15, -0.1) is 0 Å². The van der Waals surface area contributed by atoms with Crippen molar-refractivity contribution in [1.82, 2.24) is 4.72 Å². The molecule has 2 aromatic rings. The van der Waals surface area contributed by atoms with Crippen molar-refractivity contribution in [1.29, 1.82) is 0 Å². The second kappa shape index (κ2) is 7.38. The van der Waals surface area contributed by atoms with E-state index in [4.69, 9.17) is 28.3 Å². The lowest BCUT2D eigenvalue weighted by atomic mass is 10.2. The lowest BCUT2D eigenvalue weighted by Crippen LogP contribution is -2.26. The monoisotopic (exact) mass is 408 g/mol. The summed E-state index contributed by atoms with van der Waals surface area (Å²) in [6, 6.07) is 9.93. The van der Waals surface area contributed by atoms with Crippen LogP contribution in [0.4, 0.5) is 0 Å². The minimum absolute atomic E-state index is 0.000370. The van der Waals surface area contributed by atoms with Crippen molar-refractivity contribution < 1.29 is 16.8 Å². The van der Waals surface area contributed by atoms with Gasteiger partial charge in [-0.05, 0) is 42.3 Å². The summed E-state index contributed by atoms with van der Waals surface area (Å²) in [6.45, 7) is 0.126. The van der Waals surface area contributed by atoms with E-state index >= 15 is 0 Å². The summed E-state index contributed by atoms with van der Waals surface area (Å²) >= 11 is 11.6. The van der Waals surface area contributed by atoms with Crippen LogP contribution in [0.3, 0.4) is 0 Å². The van der Waals surface area contributed by atoms with Gasteiger partial charge in [-0.2, -0.15) is 0 Å². The average molecular weight is 409 g/mol. The summed E-state index contributed by atoms with van der Waals surface area (Å²) in [4.78, 5) is -0.0232. The highest BCUT2D eigenvalue weighted by Crippen LogP contribution is 2.22. The Morgan fingerprint density at radius 3 is 1.92 bits per heavy atom. The molecule has 2 aromatic carbocycles. The highest BCUT2D eigenvalue weighted by atomic mass is 35.5. The Hall–Kier alpha value is -1.16. The van der Waals surface area contributed by atoms with Gasteiger partial charge in [-0.3, -0.25) is 0 Å². The number of halogens is 2. The molecule has 0 heterocycles. The van der Waals surface area contributed by atoms with Gasteiger partial charge < -0.3 is 0 Å². The molecule has 10 heteroatoms. The van der Waals surface area contributed by atoms with Crippen LogP contribution in [0.15, 0.2) is 52.3 Å². The molecule has 0 unspecified atom stereocenters. The second-order valence-corrected chi connectivity index (χ2v) is 9.14. The Labute approximate surface area is 150 Å². The normalized spacial score (nSPS) is 12.3. The molecule has 0 spiro atoms. The maximum Gasteiger partial charge on any atom is 0.240 e. The quantitative estimate of drug-likeness (QED) is 0.763. The van der Waals surface area contributed by atoms with Gasteiger partial charge in [0.05, 0.1) is 9.79 Å². The summed E-state index contributed by atoms with van der Waals surface area (Å²) in [5, 5.41) is 5.46. The van der Waals surface area contributed by atoms with Gasteiger partial charge in [0, 0.05) is 16.6 Å². The van der Waals surface area contributed by atoms with Gasteiger partial charge >= 0.3 is 0 Å². The summed E-state index contributed by atoms with van der Waals surface area (Å²) in [5.74, 6) is 0. The number of hydrogen-bond acceptors (Lipinski definition) is 4. The Balaban J connectivity index is 2.03. The van der Waals surface area contributed by atoms with E-state index in [9.17, 15) is 16.8 Å². The Morgan fingerprint density at radius 1 is 0.875 bits per heavy atom. The van der Waals surface area contributed by atoms with Gasteiger partial charge in [0.1, 0.15) is 0 Å². The predicted octanol–water partition coefficient (Wildman–Crippen LogP) is 2.16. The molecule has 0 atom stereocenters. The van der Waals surface area contributed by atoms with Crippen LogP contribution in [0, 0.1) is 0 Å². The fourth-order valence-electron chi connectivity index (χ4n) is 1.94. The van der Waals surface area contributed by atoms with E-state index in [0.29, 0.717) is 6.42 Å². The highest BCUT2D eigenvalue weighted by Gasteiger charge is 2.15. The summed E-state index contributed by atoms with van der Waals surface area (Å²) in [5.41, 5.74) is 0.759. The van der Waals surface area contributed by atoms with E-state index in [1.807, 2.05) is 0 Å². The molecule has 0 aromatic heterocycles. The third-order valence-electron chi connectivity index (χ3n) is 3.10. The van der Waals surface area contributed by atoms with Crippen molar-refractivity contribution in [2.75, 3.05) is 6.54 Å². The number of benzene rings is 2. The fourth-order valence-corrected chi connectivity index (χ4v) is 4.22. The number of sulfonamides is 2. The predicted molar refractivity (Wildman–Crippen MR) is 93.2 cm³/mol. The van der Waals surface area contributed by atoms with Gasteiger partial charge in [0.25, 0.3) is 0 Å². The highest BCUT2D eigenvalue weighted by molar-refractivity contribution is 7.89. The number of nitrogens with one attached hydrogen (secondary N) is 1. The van der Waals surface area contributed by atoms with Crippen molar-refractivity contribution >= 4 is 43.2 Å². The van der Waals surface area contributed by atoms with Crippen molar-refractivity contribution in [2.45, 2.75) is 16.2 Å². The molecule has 0 fully saturated rings. The first-order valence-corrected chi connectivity index (χ1v) is 10.4. The lowest BCUT2D eigenvalue weighted by Gasteiger charge is -2.08. The molecule has 0 aliphatic rings. The molecule has 0 bridgehead atoms. The Kier molecular flexibility index (Phi) is 5.90. The SMILES string of the molecule is NS(=O)(=O)c1ccc(CCNS(=O)(=O)c2cc(Cl)cc(Cl)c2)cc1. The summed E-state index contributed by atoms with van der Waals surface area (Å²) in [7, 11) is -7.49. The Morgan fingerprint density at radius 2 is 1.42 bits per heavy atom. The van der Waals surface area contributed by atoms with Crippen LogP contribution in [0.5, 0.6) is 0 Å². The minimum atomic E-state index is -3.74. The first-order valence-electron chi connectivity index (χ1n) is 6.65. The first kappa shape index (κ1) is 19.2. The van der Waals surface area contributed by atoms with Crippen LogP contribution < -0.4 is 9.86 Å². The molecule has 0 radical (unpaired) electrons. The maximum atomic E-state index is 12.2. The van der Waals surface area contributed by atoms with E-state index in [2.05, 4.69) is 4.72 Å². The van der Waals surface area contributed by atoms with Crippen molar-refractivity contribution in [3.8, 4) is 0 Å². The third-order valence-corrected chi connectivity index (χ3v) is 5.91. The minimum Gasteiger partial charge on any atom is -0.225 e. The number of nitrogens with two attached hydrogens (primary N) is 1. The molecule has 6 nitrogen and oxygen atoms in total. The fraction of sp³-hybridized carbons (Fsp3) is 0.143. The second-order valence-electron chi connectivity index (χ2n) is 4.94.